The average Bonchev–Trinajstić information content (AvgIpc) is 2.46. The number of likely N-dealkylation sites (N-methyl/N-ethyl adjacent to an activating group) is 1. The molecule has 1 saturated heterocycles. The van der Waals surface area contributed by atoms with Crippen LogP contribution in [0.15, 0.2) is 18.2 Å². The molecule has 110 valence electrons. The van der Waals surface area contributed by atoms with Crippen LogP contribution >= 0.6 is 0 Å². The number of nitrogens with one attached hydrogen (secondary N) is 2. The third-order valence-corrected chi connectivity index (χ3v) is 3.96. The number of benzene rings is 1. The van der Waals surface area contributed by atoms with Crippen molar-refractivity contribution in [2.75, 3.05) is 38.2 Å². The van der Waals surface area contributed by atoms with Crippen LogP contribution in [0.5, 0.6) is 0 Å². The molecule has 1 unspecified atom stereocenters. The van der Waals surface area contributed by atoms with E-state index in [9.17, 15) is 4.79 Å². The molecule has 0 saturated carbocycles. The average molecular weight is 276 g/mol. The molecule has 5 heteroatoms. The van der Waals surface area contributed by atoms with Gasteiger partial charge in [-0.1, -0.05) is 6.42 Å². The van der Waals surface area contributed by atoms with Crippen molar-refractivity contribution in [2.45, 2.75) is 25.3 Å². The van der Waals surface area contributed by atoms with Gasteiger partial charge in [0.2, 0.25) is 0 Å². The molecule has 1 atom stereocenters. The second kappa shape index (κ2) is 6.61. The molecule has 1 amide bonds. The van der Waals surface area contributed by atoms with Gasteiger partial charge >= 0.3 is 0 Å². The lowest BCUT2D eigenvalue weighted by Crippen LogP contribution is -2.41. The molecule has 5 nitrogen and oxygen atoms in total. The Hall–Kier alpha value is -1.75. The van der Waals surface area contributed by atoms with E-state index >= 15 is 0 Å². The Morgan fingerprint density at radius 1 is 1.45 bits per heavy atom. The summed E-state index contributed by atoms with van der Waals surface area (Å²) < 4.78 is 0. The largest absolute Gasteiger partial charge is 0.399 e. The summed E-state index contributed by atoms with van der Waals surface area (Å²) in [6.45, 7) is 1.98. The van der Waals surface area contributed by atoms with Gasteiger partial charge in [-0.2, -0.15) is 0 Å². The smallest absolute Gasteiger partial charge is 0.253 e. The summed E-state index contributed by atoms with van der Waals surface area (Å²) in [6.07, 6.45) is 3.74. The summed E-state index contributed by atoms with van der Waals surface area (Å²) in [5, 5.41) is 6.04. The van der Waals surface area contributed by atoms with Gasteiger partial charge in [0, 0.05) is 31.0 Å². The van der Waals surface area contributed by atoms with Crippen molar-refractivity contribution >= 4 is 17.3 Å². The molecule has 1 fully saturated rings. The lowest BCUT2D eigenvalue weighted by atomic mass is 10.0. The molecule has 20 heavy (non-hydrogen) atoms. The van der Waals surface area contributed by atoms with E-state index in [0.29, 0.717) is 17.3 Å². The van der Waals surface area contributed by atoms with Crippen molar-refractivity contribution in [3.05, 3.63) is 23.8 Å². The normalized spacial score (nSPS) is 19.6. The third kappa shape index (κ3) is 3.42. The van der Waals surface area contributed by atoms with Crippen molar-refractivity contribution in [3.63, 3.8) is 0 Å². The van der Waals surface area contributed by atoms with Gasteiger partial charge < -0.3 is 21.3 Å². The van der Waals surface area contributed by atoms with Gasteiger partial charge in [-0.25, -0.2) is 0 Å². The van der Waals surface area contributed by atoms with Crippen LogP contribution < -0.4 is 16.4 Å². The number of nitrogen functional groups attached to an aromatic ring is 1. The Labute approximate surface area is 120 Å². The van der Waals surface area contributed by atoms with Crippen LogP contribution in [0.25, 0.3) is 0 Å². The first-order chi connectivity index (χ1) is 9.61. The maximum absolute atomic E-state index is 11.9. The minimum absolute atomic E-state index is 0.0931. The highest BCUT2D eigenvalue weighted by Gasteiger charge is 2.19. The summed E-state index contributed by atoms with van der Waals surface area (Å²) in [4.78, 5) is 14.2. The highest BCUT2D eigenvalue weighted by atomic mass is 16.1. The minimum Gasteiger partial charge on any atom is -0.399 e. The molecule has 2 rings (SSSR count). The number of rotatable bonds is 4. The molecule has 0 spiro atoms. The monoisotopic (exact) mass is 276 g/mol. The topological polar surface area (TPSA) is 70.4 Å². The first-order valence-electron chi connectivity index (χ1n) is 7.17. The maximum Gasteiger partial charge on any atom is 0.253 e. The molecule has 0 radical (unpaired) electrons. The molecule has 0 bridgehead atoms. The third-order valence-electron chi connectivity index (χ3n) is 3.96. The van der Waals surface area contributed by atoms with Gasteiger partial charge in [-0.05, 0) is 44.6 Å². The lowest BCUT2D eigenvalue weighted by Gasteiger charge is -2.33. The number of hydrogen-bond donors (Lipinski definition) is 3. The predicted octanol–water partition coefficient (Wildman–Crippen LogP) is 1.52. The van der Waals surface area contributed by atoms with Crippen molar-refractivity contribution in [1.29, 1.82) is 0 Å². The molecule has 0 aromatic heterocycles. The molecule has 1 heterocycles. The predicted molar refractivity (Wildman–Crippen MR) is 83.0 cm³/mol. The first kappa shape index (κ1) is 14.7. The number of piperidine rings is 1. The fourth-order valence-corrected chi connectivity index (χ4v) is 2.67. The number of carbonyl (C=O) groups excluding carboxylic acids is 1. The fourth-order valence-electron chi connectivity index (χ4n) is 2.67. The summed E-state index contributed by atoms with van der Waals surface area (Å²) in [6, 6.07) is 5.86. The zero-order chi connectivity index (χ0) is 14.5. The Kier molecular flexibility index (Phi) is 4.84. The van der Waals surface area contributed by atoms with Crippen LogP contribution in [0.2, 0.25) is 0 Å². The maximum atomic E-state index is 11.9. The van der Waals surface area contributed by atoms with Crippen LogP contribution in [0, 0.1) is 0 Å². The lowest BCUT2D eigenvalue weighted by molar-refractivity contribution is 0.0964. The summed E-state index contributed by atoms with van der Waals surface area (Å²) >= 11 is 0. The number of amides is 1. The molecule has 1 aromatic rings. The molecule has 0 aliphatic carbocycles. The standard InChI is InChI=1S/C15H24N4O/c1-17-15(20)13-7-6-11(16)9-14(13)18-10-12-5-3-4-8-19(12)2/h6-7,9,12,18H,3-5,8,10,16H2,1-2H3,(H,17,20). The van der Waals surface area contributed by atoms with Crippen molar-refractivity contribution in [1.82, 2.24) is 10.2 Å². The van der Waals surface area contributed by atoms with Crippen molar-refractivity contribution in [2.24, 2.45) is 0 Å². The van der Waals surface area contributed by atoms with Crippen LogP contribution in [0.1, 0.15) is 29.6 Å². The molecule has 1 aliphatic rings. The van der Waals surface area contributed by atoms with E-state index < -0.39 is 0 Å². The van der Waals surface area contributed by atoms with Crippen LogP contribution in [-0.2, 0) is 0 Å². The molecule has 1 aliphatic heterocycles. The van der Waals surface area contributed by atoms with E-state index in [1.54, 1.807) is 19.2 Å². The molecular formula is C15H24N4O. The van der Waals surface area contributed by atoms with Crippen LogP contribution in [-0.4, -0.2) is 44.0 Å². The molecule has 4 N–H and O–H groups in total. The summed E-state index contributed by atoms with van der Waals surface area (Å²) in [5.41, 5.74) is 7.93. The van der Waals surface area contributed by atoms with Crippen molar-refractivity contribution in [3.8, 4) is 0 Å². The van der Waals surface area contributed by atoms with E-state index in [0.717, 1.165) is 18.8 Å². The molecular weight excluding hydrogens is 252 g/mol. The number of carbonyl (C=O) groups is 1. The molecule has 1 aromatic carbocycles. The Bertz CT molecular complexity index is 475. The van der Waals surface area contributed by atoms with Gasteiger partial charge in [-0.3, -0.25) is 4.79 Å². The first-order valence-corrected chi connectivity index (χ1v) is 7.17. The van der Waals surface area contributed by atoms with Crippen LogP contribution in [0.3, 0.4) is 0 Å². The van der Waals surface area contributed by atoms with Gasteiger partial charge in [-0.15, -0.1) is 0 Å². The quantitative estimate of drug-likeness (QED) is 0.729. The van der Waals surface area contributed by atoms with E-state index in [1.807, 2.05) is 6.07 Å². The number of nitrogens with two attached hydrogens (primary N) is 1. The van der Waals surface area contributed by atoms with Crippen molar-refractivity contribution < 1.29 is 4.79 Å². The highest BCUT2D eigenvalue weighted by Crippen LogP contribution is 2.21. The zero-order valence-corrected chi connectivity index (χ0v) is 12.3. The Morgan fingerprint density at radius 3 is 2.95 bits per heavy atom. The van der Waals surface area contributed by atoms with Gasteiger partial charge in [0.25, 0.3) is 5.91 Å². The summed E-state index contributed by atoms with van der Waals surface area (Å²) in [5.74, 6) is -0.0931. The highest BCUT2D eigenvalue weighted by molar-refractivity contribution is 6.00. The second-order valence-electron chi connectivity index (χ2n) is 5.40. The van der Waals surface area contributed by atoms with E-state index in [1.165, 1.54) is 19.3 Å². The van der Waals surface area contributed by atoms with Crippen LogP contribution in [0.4, 0.5) is 11.4 Å². The number of hydrogen-bond acceptors (Lipinski definition) is 4. The SMILES string of the molecule is CNC(=O)c1ccc(N)cc1NCC1CCCCN1C. The fraction of sp³-hybridized carbons (Fsp3) is 0.533. The van der Waals surface area contributed by atoms with E-state index in [2.05, 4.69) is 22.6 Å². The number of nitrogens with zero attached hydrogens (tertiary/aromatic N) is 1. The van der Waals surface area contributed by atoms with E-state index in [4.69, 9.17) is 5.73 Å². The Morgan fingerprint density at radius 2 is 2.25 bits per heavy atom. The summed E-state index contributed by atoms with van der Waals surface area (Å²) in [7, 11) is 3.79. The number of likely N-dealkylation sites (tertiary alicyclic amines) is 1. The van der Waals surface area contributed by atoms with Gasteiger partial charge in [0.05, 0.1) is 5.56 Å². The zero-order valence-electron chi connectivity index (χ0n) is 12.3. The Balaban J connectivity index is 2.07. The minimum atomic E-state index is -0.0931. The van der Waals surface area contributed by atoms with Gasteiger partial charge in [0.15, 0.2) is 0 Å². The van der Waals surface area contributed by atoms with E-state index in [-0.39, 0.29) is 5.91 Å². The van der Waals surface area contributed by atoms with Gasteiger partial charge in [0.1, 0.15) is 0 Å². The number of anilines is 2. The second-order valence-corrected chi connectivity index (χ2v) is 5.40.